The zero-order valence-electron chi connectivity index (χ0n) is 18.7. The monoisotopic (exact) mass is 455 g/mol. The van der Waals surface area contributed by atoms with Crippen molar-refractivity contribution in [3.63, 3.8) is 0 Å². The van der Waals surface area contributed by atoms with Crippen molar-refractivity contribution >= 4 is 23.4 Å². The van der Waals surface area contributed by atoms with Crippen molar-refractivity contribution in [1.82, 2.24) is 19.7 Å². The van der Waals surface area contributed by atoms with Crippen molar-refractivity contribution < 1.29 is 4.79 Å². The zero-order valence-corrected chi connectivity index (χ0v) is 19.5. The van der Waals surface area contributed by atoms with Gasteiger partial charge in [0.15, 0.2) is 11.0 Å². The molecule has 33 heavy (non-hydrogen) atoms. The molecule has 1 unspecified atom stereocenters. The molecule has 6 nitrogen and oxygen atoms in total. The first-order valence-corrected chi connectivity index (χ1v) is 12.1. The molecule has 4 aromatic rings. The van der Waals surface area contributed by atoms with E-state index in [-0.39, 0.29) is 11.9 Å². The highest BCUT2D eigenvalue weighted by atomic mass is 32.2. The summed E-state index contributed by atoms with van der Waals surface area (Å²) in [5.41, 5.74) is 5.33. The Kier molecular flexibility index (Phi) is 5.96. The van der Waals surface area contributed by atoms with Crippen molar-refractivity contribution in [3.05, 3.63) is 84.2 Å². The normalized spacial score (nSPS) is 15.3. The molecule has 3 heterocycles. The van der Waals surface area contributed by atoms with Crippen molar-refractivity contribution in [3.8, 4) is 17.1 Å². The number of aryl methyl sites for hydroxylation is 2. The van der Waals surface area contributed by atoms with Gasteiger partial charge in [0.05, 0.1) is 5.75 Å². The SMILES string of the molecule is Cc1ccc(-n2c(SCC(=O)N3c4ccccc4CCC3C)nnc2-c2ccncc2)cc1. The van der Waals surface area contributed by atoms with E-state index in [0.29, 0.717) is 10.9 Å². The average molecular weight is 456 g/mol. The Balaban J connectivity index is 1.45. The lowest BCUT2D eigenvalue weighted by Crippen LogP contribution is -2.43. The first kappa shape index (κ1) is 21.4. The lowest BCUT2D eigenvalue weighted by atomic mass is 9.97. The number of amides is 1. The van der Waals surface area contributed by atoms with Crippen LogP contribution in [-0.4, -0.2) is 37.5 Å². The maximum atomic E-state index is 13.4. The molecule has 0 spiro atoms. The van der Waals surface area contributed by atoms with Crippen LogP contribution in [0.25, 0.3) is 17.1 Å². The van der Waals surface area contributed by atoms with Crippen LogP contribution in [0.15, 0.2) is 78.2 Å². The highest BCUT2D eigenvalue weighted by molar-refractivity contribution is 7.99. The Hall–Kier alpha value is -3.45. The van der Waals surface area contributed by atoms with E-state index in [1.165, 1.54) is 22.9 Å². The second-order valence-electron chi connectivity index (χ2n) is 8.28. The number of hydrogen-bond donors (Lipinski definition) is 0. The van der Waals surface area contributed by atoms with Gasteiger partial charge in [0.2, 0.25) is 5.91 Å². The van der Waals surface area contributed by atoms with Crippen LogP contribution in [0, 0.1) is 6.92 Å². The van der Waals surface area contributed by atoms with Gasteiger partial charge in [-0.25, -0.2) is 0 Å². The lowest BCUT2D eigenvalue weighted by Gasteiger charge is -2.35. The standard InChI is InChI=1S/C26H25N5OS/c1-18-7-11-22(12-8-18)31-25(21-13-15-27-16-14-21)28-29-26(31)33-17-24(32)30-19(2)9-10-20-5-3-4-6-23(20)30/h3-8,11-16,19H,9-10,17H2,1-2H3. The fourth-order valence-corrected chi connectivity index (χ4v) is 5.05. The van der Waals surface area contributed by atoms with Crippen LogP contribution < -0.4 is 4.90 Å². The molecule has 0 saturated heterocycles. The third-order valence-corrected chi connectivity index (χ3v) is 6.89. The molecular weight excluding hydrogens is 430 g/mol. The number of hydrogen-bond acceptors (Lipinski definition) is 5. The van der Waals surface area contributed by atoms with Gasteiger partial charge in [-0.15, -0.1) is 10.2 Å². The van der Waals surface area contributed by atoms with Gasteiger partial charge in [0.1, 0.15) is 0 Å². The van der Waals surface area contributed by atoms with Crippen LogP contribution in [0.2, 0.25) is 0 Å². The minimum Gasteiger partial charge on any atom is -0.309 e. The number of benzene rings is 2. The molecule has 1 aliphatic rings. The molecule has 1 amide bonds. The third-order valence-electron chi connectivity index (χ3n) is 5.98. The van der Waals surface area contributed by atoms with Crippen LogP contribution in [0.4, 0.5) is 5.69 Å². The predicted octanol–water partition coefficient (Wildman–Crippen LogP) is 5.10. The van der Waals surface area contributed by atoms with E-state index < -0.39 is 0 Å². The number of aromatic nitrogens is 4. The van der Waals surface area contributed by atoms with Gasteiger partial charge < -0.3 is 4.90 Å². The van der Waals surface area contributed by atoms with Gasteiger partial charge in [-0.05, 0) is 62.6 Å². The Morgan fingerprint density at radius 1 is 1.03 bits per heavy atom. The second-order valence-corrected chi connectivity index (χ2v) is 9.22. The molecule has 1 aliphatic heterocycles. The van der Waals surface area contributed by atoms with Crippen LogP contribution in [0.1, 0.15) is 24.5 Å². The Morgan fingerprint density at radius 2 is 1.79 bits per heavy atom. The van der Waals surface area contributed by atoms with E-state index in [1.54, 1.807) is 12.4 Å². The number of carbonyl (C=O) groups excluding carboxylic acids is 1. The van der Waals surface area contributed by atoms with Gasteiger partial charge >= 0.3 is 0 Å². The summed E-state index contributed by atoms with van der Waals surface area (Å²) in [7, 11) is 0. The summed E-state index contributed by atoms with van der Waals surface area (Å²) in [4.78, 5) is 19.4. The Labute approximate surface area is 197 Å². The van der Waals surface area contributed by atoms with Crippen molar-refractivity contribution in [2.45, 2.75) is 37.9 Å². The number of thioether (sulfide) groups is 1. The van der Waals surface area contributed by atoms with Crippen molar-refractivity contribution in [2.75, 3.05) is 10.7 Å². The fraction of sp³-hybridized carbons (Fsp3) is 0.231. The summed E-state index contributed by atoms with van der Waals surface area (Å²) in [5.74, 6) is 1.11. The molecule has 0 aliphatic carbocycles. The average Bonchev–Trinajstić information content (AvgIpc) is 3.27. The molecule has 2 aromatic heterocycles. The summed E-state index contributed by atoms with van der Waals surface area (Å²) in [6, 6.07) is 20.5. The summed E-state index contributed by atoms with van der Waals surface area (Å²) < 4.78 is 2.01. The third kappa shape index (κ3) is 4.28. The van der Waals surface area contributed by atoms with E-state index in [1.807, 2.05) is 39.8 Å². The number of anilines is 1. The number of nitrogens with zero attached hydrogens (tertiary/aromatic N) is 5. The summed E-state index contributed by atoms with van der Waals surface area (Å²) in [6.07, 6.45) is 5.47. The van der Waals surface area contributed by atoms with E-state index in [2.05, 4.69) is 59.4 Å². The summed E-state index contributed by atoms with van der Waals surface area (Å²) in [5, 5.41) is 9.61. The Bertz CT molecular complexity index is 1270. The predicted molar refractivity (Wildman–Crippen MR) is 132 cm³/mol. The van der Waals surface area contributed by atoms with Crippen LogP contribution >= 0.6 is 11.8 Å². The number of pyridine rings is 1. The van der Waals surface area contributed by atoms with Crippen LogP contribution in [0.5, 0.6) is 0 Å². The van der Waals surface area contributed by atoms with Crippen LogP contribution in [-0.2, 0) is 11.2 Å². The van der Waals surface area contributed by atoms with E-state index in [0.717, 1.165) is 35.6 Å². The molecule has 0 N–H and O–H groups in total. The molecule has 1 atom stereocenters. The second kappa shape index (κ2) is 9.19. The highest BCUT2D eigenvalue weighted by Crippen LogP contribution is 2.32. The molecule has 0 fully saturated rings. The summed E-state index contributed by atoms with van der Waals surface area (Å²) >= 11 is 1.42. The molecular formula is C26H25N5OS. The van der Waals surface area contributed by atoms with Crippen LogP contribution in [0.3, 0.4) is 0 Å². The number of fused-ring (bicyclic) bond motifs is 1. The minimum absolute atomic E-state index is 0.0866. The largest absolute Gasteiger partial charge is 0.309 e. The number of rotatable bonds is 5. The molecule has 166 valence electrons. The van der Waals surface area contributed by atoms with Gasteiger partial charge in [-0.3, -0.25) is 14.3 Å². The van der Waals surface area contributed by atoms with Crippen molar-refractivity contribution in [2.24, 2.45) is 0 Å². The first-order valence-electron chi connectivity index (χ1n) is 11.1. The van der Waals surface area contributed by atoms with Gasteiger partial charge in [-0.1, -0.05) is 47.7 Å². The van der Waals surface area contributed by atoms with Crippen molar-refractivity contribution in [1.29, 1.82) is 0 Å². The van der Waals surface area contributed by atoms with E-state index >= 15 is 0 Å². The fourth-order valence-electron chi connectivity index (χ4n) is 4.24. The topological polar surface area (TPSA) is 63.9 Å². The first-order chi connectivity index (χ1) is 16.1. The van der Waals surface area contributed by atoms with Gasteiger partial charge in [-0.2, -0.15) is 0 Å². The number of carbonyl (C=O) groups is 1. The smallest absolute Gasteiger partial charge is 0.237 e. The van der Waals surface area contributed by atoms with Gasteiger partial charge in [0, 0.05) is 35.4 Å². The zero-order chi connectivity index (χ0) is 22.8. The molecule has 7 heteroatoms. The lowest BCUT2D eigenvalue weighted by molar-refractivity contribution is -0.116. The minimum atomic E-state index is 0.0866. The molecule has 0 radical (unpaired) electrons. The highest BCUT2D eigenvalue weighted by Gasteiger charge is 2.28. The number of para-hydroxylation sites is 1. The quantitative estimate of drug-likeness (QED) is 0.392. The van der Waals surface area contributed by atoms with E-state index in [4.69, 9.17) is 0 Å². The maximum absolute atomic E-state index is 13.4. The van der Waals surface area contributed by atoms with E-state index in [9.17, 15) is 4.79 Å². The molecule has 0 bridgehead atoms. The van der Waals surface area contributed by atoms with Gasteiger partial charge in [0.25, 0.3) is 0 Å². The molecule has 5 rings (SSSR count). The molecule has 0 saturated carbocycles. The Morgan fingerprint density at radius 3 is 2.58 bits per heavy atom. The summed E-state index contributed by atoms with van der Waals surface area (Å²) in [6.45, 7) is 4.18. The molecule has 2 aromatic carbocycles. The maximum Gasteiger partial charge on any atom is 0.237 e.